The van der Waals surface area contributed by atoms with E-state index in [0.29, 0.717) is 12.8 Å². The molecule has 0 aliphatic rings. The zero-order chi connectivity index (χ0) is 6.24. The lowest BCUT2D eigenvalue weighted by Gasteiger charge is -1.83. The first kappa shape index (κ1) is 7.16. The maximum atomic E-state index is 9.56. The van der Waals surface area contributed by atoms with E-state index < -0.39 is 0 Å². The molecule has 0 unspecified atom stereocenters. The average molecular weight is 110 g/mol. The molecule has 0 saturated carbocycles. The zero-order valence-electron chi connectivity index (χ0n) is 4.68. The minimum Gasteiger partial charge on any atom is -0.291 e. The third-order valence-corrected chi connectivity index (χ3v) is 0.817. The molecule has 0 aliphatic carbocycles. The van der Waals surface area contributed by atoms with Crippen LogP contribution in [-0.2, 0) is 4.79 Å². The van der Waals surface area contributed by atoms with Crippen molar-refractivity contribution in [2.24, 2.45) is 0 Å². The van der Waals surface area contributed by atoms with E-state index in [9.17, 15) is 4.79 Å². The predicted octanol–water partition coefficient (Wildman–Crippen LogP) is 1.18. The van der Waals surface area contributed by atoms with E-state index >= 15 is 0 Å². The summed E-state index contributed by atoms with van der Waals surface area (Å²) in [6, 6.07) is 2.00. The van der Waals surface area contributed by atoms with Gasteiger partial charge in [0.1, 0.15) is 0 Å². The molecular formula is C6H8NO. The second-order valence-corrected chi connectivity index (χ2v) is 1.51. The van der Waals surface area contributed by atoms with Gasteiger partial charge in [-0.15, -0.1) is 0 Å². The largest absolute Gasteiger partial charge is 0.291 e. The first-order valence-electron chi connectivity index (χ1n) is 2.63. The molecule has 0 atom stereocenters. The molecule has 0 fully saturated rings. The van der Waals surface area contributed by atoms with E-state index in [2.05, 4.69) is 0 Å². The summed E-state index contributed by atoms with van der Waals surface area (Å²) in [5, 5.41) is 8.02. The first-order valence-corrected chi connectivity index (χ1v) is 2.63. The van der Waals surface area contributed by atoms with Crippen molar-refractivity contribution in [2.75, 3.05) is 0 Å². The van der Waals surface area contributed by atoms with Crippen molar-refractivity contribution >= 4 is 6.29 Å². The Labute approximate surface area is 49.1 Å². The van der Waals surface area contributed by atoms with Gasteiger partial charge in [-0.25, -0.2) is 0 Å². The molecular weight excluding hydrogens is 102 g/mol. The second kappa shape index (κ2) is 6.16. The maximum Gasteiger partial charge on any atom is 0.198 e. The Morgan fingerprint density at radius 3 is 2.38 bits per heavy atom. The molecule has 2 heteroatoms. The highest BCUT2D eigenvalue weighted by Crippen LogP contribution is 1.94. The Morgan fingerprint density at radius 2 is 1.88 bits per heavy atom. The molecule has 0 heterocycles. The van der Waals surface area contributed by atoms with Crippen molar-refractivity contribution in [3.8, 4) is 6.07 Å². The van der Waals surface area contributed by atoms with Gasteiger partial charge in [0.05, 0.1) is 6.07 Å². The lowest BCUT2D eigenvalue weighted by atomic mass is 10.2. The van der Waals surface area contributed by atoms with Crippen molar-refractivity contribution in [3.63, 3.8) is 0 Å². The van der Waals surface area contributed by atoms with E-state index in [1.54, 1.807) is 6.29 Å². The number of nitriles is 1. The van der Waals surface area contributed by atoms with Gasteiger partial charge in [-0.1, -0.05) is 0 Å². The summed E-state index contributed by atoms with van der Waals surface area (Å²) in [4.78, 5) is 9.56. The van der Waals surface area contributed by atoms with E-state index in [-0.39, 0.29) is 0 Å². The van der Waals surface area contributed by atoms with Crippen molar-refractivity contribution in [3.05, 3.63) is 0 Å². The van der Waals surface area contributed by atoms with Gasteiger partial charge in [0.25, 0.3) is 0 Å². The fourth-order valence-electron chi connectivity index (χ4n) is 0.401. The van der Waals surface area contributed by atoms with E-state index in [4.69, 9.17) is 5.26 Å². The molecule has 0 aromatic rings. The Morgan fingerprint density at radius 1 is 1.25 bits per heavy atom. The number of hydrogen-bond acceptors (Lipinski definition) is 2. The zero-order valence-corrected chi connectivity index (χ0v) is 4.68. The lowest BCUT2D eigenvalue weighted by molar-refractivity contribution is 0.547. The number of unbranched alkanes of at least 4 members (excludes halogenated alkanes) is 3. The first-order chi connectivity index (χ1) is 3.91. The predicted molar refractivity (Wildman–Crippen MR) is 29.8 cm³/mol. The molecule has 2 nitrogen and oxygen atoms in total. The minimum absolute atomic E-state index is 0.474. The highest BCUT2D eigenvalue weighted by molar-refractivity contribution is 5.50. The summed E-state index contributed by atoms with van der Waals surface area (Å²) in [6.45, 7) is 0. The monoisotopic (exact) mass is 110 g/mol. The number of rotatable bonds is 4. The molecule has 0 spiro atoms. The summed E-state index contributed by atoms with van der Waals surface area (Å²) in [5.41, 5.74) is 0. The Hall–Kier alpha value is -0.840. The van der Waals surface area contributed by atoms with Crippen LogP contribution in [0, 0.1) is 11.3 Å². The molecule has 0 aromatic heterocycles. The van der Waals surface area contributed by atoms with Crippen molar-refractivity contribution in [1.29, 1.82) is 5.26 Å². The SMILES string of the molecule is N#CCCCC[C]=O. The van der Waals surface area contributed by atoms with Gasteiger partial charge in [0.15, 0.2) is 6.29 Å². The van der Waals surface area contributed by atoms with Gasteiger partial charge < -0.3 is 0 Å². The molecule has 1 radical (unpaired) electrons. The third-order valence-electron chi connectivity index (χ3n) is 0.817. The van der Waals surface area contributed by atoms with Crippen LogP contribution in [0.1, 0.15) is 25.7 Å². The van der Waals surface area contributed by atoms with Crippen LogP contribution in [0.5, 0.6) is 0 Å². The Balaban J connectivity index is 2.74. The quantitative estimate of drug-likeness (QED) is 0.510. The number of nitrogens with zero attached hydrogens (tertiary/aromatic N) is 1. The van der Waals surface area contributed by atoms with Gasteiger partial charge in [0, 0.05) is 12.8 Å². The Bertz CT molecular complexity index is 93.2. The van der Waals surface area contributed by atoms with Crippen LogP contribution in [0.3, 0.4) is 0 Å². The van der Waals surface area contributed by atoms with Crippen LogP contribution in [0.15, 0.2) is 0 Å². The Kier molecular flexibility index (Phi) is 5.51. The van der Waals surface area contributed by atoms with Gasteiger partial charge in [0.2, 0.25) is 0 Å². The summed E-state index contributed by atoms with van der Waals surface area (Å²) < 4.78 is 0. The van der Waals surface area contributed by atoms with Crippen LogP contribution >= 0.6 is 0 Å². The van der Waals surface area contributed by atoms with E-state index in [1.165, 1.54) is 0 Å². The molecule has 8 heavy (non-hydrogen) atoms. The lowest BCUT2D eigenvalue weighted by Crippen LogP contribution is -1.75. The smallest absolute Gasteiger partial charge is 0.198 e. The van der Waals surface area contributed by atoms with Gasteiger partial charge in [-0.2, -0.15) is 5.26 Å². The molecule has 0 amide bonds. The van der Waals surface area contributed by atoms with Crippen molar-refractivity contribution in [2.45, 2.75) is 25.7 Å². The molecule has 0 bridgehead atoms. The van der Waals surface area contributed by atoms with Crippen molar-refractivity contribution < 1.29 is 4.79 Å². The highest BCUT2D eigenvalue weighted by atomic mass is 16.1. The van der Waals surface area contributed by atoms with Gasteiger partial charge in [-0.05, 0) is 12.8 Å². The highest BCUT2D eigenvalue weighted by Gasteiger charge is 1.84. The summed E-state index contributed by atoms with van der Waals surface area (Å²) in [6.07, 6.45) is 4.43. The number of carbonyl (C=O) groups excluding carboxylic acids is 1. The van der Waals surface area contributed by atoms with Crippen molar-refractivity contribution in [1.82, 2.24) is 0 Å². The molecule has 0 aromatic carbocycles. The summed E-state index contributed by atoms with van der Waals surface area (Å²) in [7, 11) is 0. The topological polar surface area (TPSA) is 40.9 Å². The van der Waals surface area contributed by atoms with Gasteiger partial charge in [-0.3, -0.25) is 4.79 Å². The van der Waals surface area contributed by atoms with Crippen LogP contribution < -0.4 is 0 Å². The minimum atomic E-state index is 0.474. The fourth-order valence-corrected chi connectivity index (χ4v) is 0.401. The maximum absolute atomic E-state index is 9.56. The third kappa shape index (κ3) is 5.16. The fraction of sp³-hybridized carbons (Fsp3) is 0.667. The van der Waals surface area contributed by atoms with E-state index in [1.807, 2.05) is 6.07 Å². The summed E-state index contributed by atoms with van der Waals surface area (Å²) >= 11 is 0. The van der Waals surface area contributed by atoms with Crippen LogP contribution in [0.4, 0.5) is 0 Å². The molecule has 0 aliphatic heterocycles. The molecule has 0 N–H and O–H groups in total. The molecule has 0 rings (SSSR count). The normalized spacial score (nSPS) is 7.88. The second-order valence-electron chi connectivity index (χ2n) is 1.51. The van der Waals surface area contributed by atoms with Gasteiger partial charge >= 0.3 is 0 Å². The summed E-state index contributed by atoms with van der Waals surface area (Å²) in [5.74, 6) is 0. The van der Waals surface area contributed by atoms with E-state index in [0.717, 1.165) is 12.8 Å². The van der Waals surface area contributed by atoms with Crippen LogP contribution in [0.2, 0.25) is 0 Å². The standard InChI is InChI=1S/C6H8NO/c7-5-3-1-2-4-6-8/h1-4H2. The van der Waals surface area contributed by atoms with Crippen LogP contribution in [-0.4, -0.2) is 6.29 Å². The number of hydrogen-bond donors (Lipinski definition) is 0. The average Bonchev–Trinajstić information content (AvgIpc) is 1.81. The van der Waals surface area contributed by atoms with Crippen LogP contribution in [0.25, 0.3) is 0 Å². The molecule has 43 valence electrons. The molecule has 0 saturated heterocycles.